The van der Waals surface area contributed by atoms with Gasteiger partial charge in [0.15, 0.2) is 9.84 Å². The van der Waals surface area contributed by atoms with Crippen LogP contribution >= 0.6 is 11.6 Å². The second kappa shape index (κ2) is 6.98. The number of nitrogens with one attached hydrogen (secondary N) is 1. The van der Waals surface area contributed by atoms with Crippen LogP contribution in [-0.2, 0) is 9.84 Å². The molecule has 0 radical (unpaired) electrons. The van der Waals surface area contributed by atoms with E-state index in [1.54, 1.807) is 0 Å². The van der Waals surface area contributed by atoms with Gasteiger partial charge in [0.05, 0.1) is 15.6 Å². The molecule has 7 nitrogen and oxygen atoms in total. The van der Waals surface area contributed by atoms with Crippen molar-refractivity contribution in [3.05, 3.63) is 63.2 Å². The zero-order valence-corrected chi connectivity index (χ0v) is 14.1. The van der Waals surface area contributed by atoms with Gasteiger partial charge in [0.1, 0.15) is 5.56 Å². The Kier molecular flexibility index (Phi) is 5.20. The number of sulfone groups is 1. The van der Waals surface area contributed by atoms with Crippen molar-refractivity contribution < 1.29 is 18.1 Å². The number of benzene rings is 2. The van der Waals surface area contributed by atoms with E-state index in [1.807, 2.05) is 0 Å². The number of halogens is 1. The summed E-state index contributed by atoms with van der Waals surface area (Å²) < 4.78 is 23.5. The molecule has 0 atom stereocenters. The van der Waals surface area contributed by atoms with Crippen LogP contribution in [0, 0.1) is 10.1 Å². The van der Waals surface area contributed by atoms with E-state index in [0.29, 0.717) is 5.69 Å². The molecule has 9 heteroatoms. The molecular weight excluding hydrogens is 356 g/mol. The quantitative estimate of drug-likeness (QED) is 0.643. The van der Waals surface area contributed by atoms with Crippen molar-refractivity contribution in [1.29, 1.82) is 0 Å². The minimum absolute atomic E-state index is 0.0343. The first-order valence-electron chi connectivity index (χ1n) is 6.82. The van der Waals surface area contributed by atoms with Gasteiger partial charge in [-0.1, -0.05) is 18.5 Å². The first kappa shape index (κ1) is 17.9. The number of anilines is 1. The lowest BCUT2D eigenvalue weighted by Crippen LogP contribution is -2.14. The van der Waals surface area contributed by atoms with E-state index in [1.165, 1.54) is 43.3 Å². The van der Waals surface area contributed by atoms with Gasteiger partial charge in [-0.15, -0.1) is 0 Å². The second-order valence-electron chi connectivity index (χ2n) is 4.80. The maximum absolute atomic E-state index is 12.2. The van der Waals surface area contributed by atoms with Gasteiger partial charge < -0.3 is 5.32 Å². The molecule has 0 spiro atoms. The Morgan fingerprint density at radius 3 is 2.38 bits per heavy atom. The molecule has 0 fully saturated rings. The van der Waals surface area contributed by atoms with Crippen LogP contribution in [0.3, 0.4) is 0 Å². The third-order valence-corrected chi connectivity index (χ3v) is 5.24. The van der Waals surface area contributed by atoms with Crippen LogP contribution in [-0.4, -0.2) is 25.0 Å². The number of nitro groups is 1. The van der Waals surface area contributed by atoms with Crippen LogP contribution in [0.1, 0.15) is 17.3 Å². The fourth-order valence-corrected chi connectivity index (χ4v) is 3.02. The van der Waals surface area contributed by atoms with Gasteiger partial charge in [-0.05, 0) is 36.4 Å². The summed E-state index contributed by atoms with van der Waals surface area (Å²) in [6.07, 6.45) is 0. The van der Waals surface area contributed by atoms with Gasteiger partial charge in [0, 0.05) is 16.8 Å². The fraction of sp³-hybridized carbons (Fsp3) is 0.133. The molecular formula is C15H13ClN2O5S. The van der Waals surface area contributed by atoms with E-state index in [0.717, 1.165) is 6.07 Å². The number of hydrogen-bond acceptors (Lipinski definition) is 5. The predicted molar refractivity (Wildman–Crippen MR) is 90.2 cm³/mol. The van der Waals surface area contributed by atoms with Crippen molar-refractivity contribution in [3.8, 4) is 0 Å². The average molecular weight is 369 g/mol. The number of nitro benzene ring substituents is 1. The zero-order chi connectivity index (χ0) is 17.9. The highest BCUT2D eigenvalue weighted by molar-refractivity contribution is 7.91. The Bertz CT molecular complexity index is 895. The molecule has 2 rings (SSSR count). The Morgan fingerprint density at radius 1 is 1.21 bits per heavy atom. The van der Waals surface area contributed by atoms with Gasteiger partial charge in [-0.25, -0.2) is 8.42 Å². The molecule has 0 saturated carbocycles. The smallest absolute Gasteiger partial charge is 0.282 e. The number of rotatable bonds is 5. The molecule has 0 heterocycles. The first-order chi connectivity index (χ1) is 11.2. The van der Waals surface area contributed by atoms with Crippen molar-refractivity contribution in [3.63, 3.8) is 0 Å². The maximum Gasteiger partial charge on any atom is 0.282 e. The summed E-state index contributed by atoms with van der Waals surface area (Å²) in [5.41, 5.74) is -0.246. The SMILES string of the molecule is CCS(=O)(=O)c1ccc(NC(=O)c2cc(Cl)ccc2[N+](=O)[O-])cc1. The number of hydrogen-bond donors (Lipinski definition) is 1. The van der Waals surface area contributed by atoms with E-state index >= 15 is 0 Å². The number of nitrogens with zero attached hydrogens (tertiary/aromatic N) is 1. The Morgan fingerprint density at radius 2 is 1.83 bits per heavy atom. The first-order valence-corrected chi connectivity index (χ1v) is 8.85. The van der Waals surface area contributed by atoms with Crippen molar-refractivity contribution in [1.82, 2.24) is 0 Å². The van der Waals surface area contributed by atoms with E-state index in [9.17, 15) is 23.3 Å². The summed E-state index contributed by atoms with van der Waals surface area (Å²) in [5.74, 6) is -0.747. The van der Waals surface area contributed by atoms with E-state index in [2.05, 4.69) is 5.32 Å². The van der Waals surface area contributed by atoms with Crippen molar-refractivity contribution in [2.24, 2.45) is 0 Å². The van der Waals surface area contributed by atoms with E-state index in [4.69, 9.17) is 11.6 Å². The van der Waals surface area contributed by atoms with Gasteiger partial charge >= 0.3 is 0 Å². The molecule has 0 saturated heterocycles. The summed E-state index contributed by atoms with van der Waals surface area (Å²) in [7, 11) is -3.34. The molecule has 1 amide bonds. The highest BCUT2D eigenvalue weighted by Crippen LogP contribution is 2.24. The molecule has 0 aliphatic heterocycles. The molecule has 0 aliphatic carbocycles. The Balaban J connectivity index is 2.28. The molecule has 0 unspecified atom stereocenters. The van der Waals surface area contributed by atoms with Crippen molar-refractivity contribution in [2.75, 3.05) is 11.1 Å². The van der Waals surface area contributed by atoms with Crippen LogP contribution in [0.15, 0.2) is 47.4 Å². The molecule has 2 aromatic carbocycles. The van der Waals surface area contributed by atoms with Crippen LogP contribution < -0.4 is 5.32 Å². The Labute approximate surface area is 143 Å². The molecule has 1 N–H and O–H groups in total. The van der Waals surface area contributed by atoms with Gasteiger partial charge in [0.25, 0.3) is 11.6 Å². The summed E-state index contributed by atoms with van der Waals surface area (Å²) in [6.45, 7) is 1.53. The fourth-order valence-electron chi connectivity index (χ4n) is 1.96. The standard InChI is InChI=1S/C15H13ClN2O5S/c1-2-24(22,23)12-6-4-11(5-7-12)17-15(19)13-9-10(16)3-8-14(13)18(20)21/h3-9H,2H2,1H3,(H,17,19). The normalized spacial score (nSPS) is 11.1. The molecule has 2 aromatic rings. The highest BCUT2D eigenvalue weighted by Gasteiger charge is 2.21. The maximum atomic E-state index is 12.2. The Hall–Kier alpha value is -2.45. The molecule has 126 valence electrons. The molecule has 0 aromatic heterocycles. The summed E-state index contributed by atoms with van der Waals surface area (Å²) >= 11 is 5.79. The van der Waals surface area contributed by atoms with Gasteiger partial charge in [-0.3, -0.25) is 14.9 Å². The predicted octanol–water partition coefficient (Wildman–Crippen LogP) is 3.29. The lowest BCUT2D eigenvalue weighted by Gasteiger charge is -2.07. The van der Waals surface area contributed by atoms with Gasteiger partial charge in [0.2, 0.25) is 0 Å². The largest absolute Gasteiger partial charge is 0.322 e. The number of carbonyl (C=O) groups is 1. The van der Waals surface area contributed by atoms with Crippen LogP contribution in [0.4, 0.5) is 11.4 Å². The monoisotopic (exact) mass is 368 g/mol. The molecule has 24 heavy (non-hydrogen) atoms. The summed E-state index contributed by atoms with van der Waals surface area (Å²) in [4.78, 5) is 22.7. The molecule has 0 bridgehead atoms. The second-order valence-corrected chi connectivity index (χ2v) is 7.52. The summed E-state index contributed by atoms with van der Waals surface area (Å²) in [5, 5.41) is 13.7. The highest BCUT2D eigenvalue weighted by atomic mass is 35.5. The summed E-state index contributed by atoms with van der Waals surface area (Å²) in [6, 6.07) is 9.22. The third-order valence-electron chi connectivity index (χ3n) is 3.25. The van der Waals surface area contributed by atoms with Gasteiger partial charge in [-0.2, -0.15) is 0 Å². The number of carbonyl (C=O) groups excluding carboxylic acids is 1. The van der Waals surface area contributed by atoms with E-state index in [-0.39, 0.29) is 26.9 Å². The van der Waals surface area contributed by atoms with Crippen LogP contribution in [0.25, 0.3) is 0 Å². The van der Waals surface area contributed by atoms with Crippen molar-refractivity contribution >= 4 is 38.7 Å². The minimum Gasteiger partial charge on any atom is -0.322 e. The van der Waals surface area contributed by atoms with Crippen LogP contribution in [0.5, 0.6) is 0 Å². The van der Waals surface area contributed by atoms with E-state index < -0.39 is 20.7 Å². The lowest BCUT2D eigenvalue weighted by atomic mass is 10.1. The van der Waals surface area contributed by atoms with Crippen molar-refractivity contribution in [2.45, 2.75) is 11.8 Å². The molecule has 0 aliphatic rings. The third kappa shape index (κ3) is 3.90. The topological polar surface area (TPSA) is 106 Å². The zero-order valence-electron chi connectivity index (χ0n) is 12.5. The minimum atomic E-state index is -3.34. The average Bonchev–Trinajstić information content (AvgIpc) is 2.55. The lowest BCUT2D eigenvalue weighted by molar-refractivity contribution is -0.385. The number of amides is 1. The van der Waals surface area contributed by atoms with Crippen LogP contribution in [0.2, 0.25) is 5.02 Å².